The van der Waals surface area contributed by atoms with Crippen LogP contribution in [0.2, 0.25) is 10.0 Å². The van der Waals surface area contributed by atoms with E-state index in [4.69, 9.17) is 52.7 Å². The highest BCUT2D eigenvalue weighted by Gasteiger charge is 2.23. The molecule has 0 saturated carbocycles. The number of nitriles is 1. The van der Waals surface area contributed by atoms with E-state index in [1.54, 1.807) is 18.2 Å². The third-order valence-electron chi connectivity index (χ3n) is 3.01. The molecule has 6 N–H and O–H groups in total. The van der Waals surface area contributed by atoms with Crippen LogP contribution < -0.4 is 22.9 Å². The van der Waals surface area contributed by atoms with Crippen LogP contribution in [-0.2, 0) is 0 Å². The maximum Gasteiger partial charge on any atom is 0.289 e. The van der Waals surface area contributed by atoms with Gasteiger partial charge in [0.1, 0.15) is 22.4 Å². The molecule has 0 aliphatic rings. The van der Waals surface area contributed by atoms with Gasteiger partial charge in [-0.2, -0.15) is 5.26 Å². The molecular weight excluding hydrogens is 345 g/mol. The number of aromatic nitrogens is 1. The molecule has 112 valence electrons. The Bertz CT molecular complexity index is 901. The summed E-state index contributed by atoms with van der Waals surface area (Å²) in [5, 5.41) is 9.93. The Hall–Kier alpha value is -2.27. The summed E-state index contributed by atoms with van der Waals surface area (Å²) in [6.07, 6.45) is 0. The number of hydrogen-bond donors (Lipinski definition) is 3. The van der Waals surface area contributed by atoms with Gasteiger partial charge in [0, 0.05) is 21.2 Å². The van der Waals surface area contributed by atoms with Crippen LogP contribution in [-0.4, -0.2) is 9.66 Å². The van der Waals surface area contributed by atoms with Gasteiger partial charge >= 0.3 is 0 Å². The van der Waals surface area contributed by atoms with Gasteiger partial charge in [0.05, 0.1) is 5.56 Å². The van der Waals surface area contributed by atoms with Gasteiger partial charge in [0.15, 0.2) is 0 Å². The number of rotatable bonds is 2. The predicted octanol–water partition coefficient (Wildman–Crippen LogP) is 1.62. The Morgan fingerprint density at radius 1 is 1.36 bits per heavy atom. The zero-order valence-corrected chi connectivity index (χ0v) is 13.3. The second kappa shape index (κ2) is 5.85. The third-order valence-corrected chi connectivity index (χ3v) is 3.76. The molecule has 0 aliphatic carbocycles. The highest BCUT2D eigenvalue weighted by molar-refractivity contribution is 7.80. The van der Waals surface area contributed by atoms with E-state index in [2.05, 4.69) is 0 Å². The summed E-state index contributed by atoms with van der Waals surface area (Å²) < 4.78 is 0.625. The summed E-state index contributed by atoms with van der Waals surface area (Å²) >= 11 is 17.0. The summed E-state index contributed by atoms with van der Waals surface area (Å²) in [4.78, 5) is 12.0. The van der Waals surface area contributed by atoms with Gasteiger partial charge in [-0.05, 0) is 12.1 Å². The first-order chi connectivity index (χ1) is 10.3. The first-order valence-electron chi connectivity index (χ1n) is 5.78. The van der Waals surface area contributed by atoms with Crippen molar-refractivity contribution in [3.8, 4) is 17.2 Å². The molecule has 2 rings (SSSR count). The van der Waals surface area contributed by atoms with Crippen LogP contribution in [0.15, 0.2) is 23.0 Å². The molecular formula is C13H9Cl2N5OS. The van der Waals surface area contributed by atoms with E-state index < -0.39 is 5.56 Å². The van der Waals surface area contributed by atoms with Crippen molar-refractivity contribution in [1.82, 2.24) is 4.68 Å². The average molecular weight is 354 g/mol. The molecule has 0 aliphatic heterocycles. The van der Waals surface area contributed by atoms with Crippen molar-refractivity contribution in [1.29, 1.82) is 5.26 Å². The number of nitrogens with two attached hydrogens (primary N) is 3. The van der Waals surface area contributed by atoms with Crippen molar-refractivity contribution in [2.45, 2.75) is 0 Å². The van der Waals surface area contributed by atoms with Gasteiger partial charge in [0.25, 0.3) is 5.56 Å². The molecule has 0 spiro atoms. The van der Waals surface area contributed by atoms with Crippen LogP contribution in [0.1, 0.15) is 11.1 Å². The van der Waals surface area contributed by atoms with Crippen molar-refractivity contribution in [3.05, 3.63) is 49.7 Å². The standard InChI is InChI=1S/C13H9Cl2N5OS/c14-5-1-2-6(8(15)3-5)9-7(4-16)13(21)20(19)11(17)10(9)12(18)22/h1-3H,17,19H2,(H2,18,22). The zero-order valence-electron chi connectivity index (χ0n) is 10.9. The van der Waals surface area contributed by atoms with Crippen LogP contribution >= 0.6 is 35.4 Å². The quantitative estimate of drug-likeness (QED) is 0.556. The van der Waals surface area contributed by atoms with E-state index >= 15 is 0 Å². The summed E-state index contributed by atoms with van der Waals surface area (Å²) in [5.41, 5.74) is 11.1. The summed E-state index contributed by atoms with van der Waals surface area (Å²) in [6, 6.07) is 6.35. The third kappa shape index (κ3) is 2.48. The predicted molar refractivity (Wildman–Crippen MR) is 91.3 cm³/mol. The van der Waals surface area contributed by atoms with E-state index in [1.165, 1.54) is 6.07 Å². The van der Waals surface area contributed by atoms with Crippen LogP contribution in [0.5, 0.6) is 0 Å². The van der Waals surface area contributed by atoms with Crippen molar-refractivity contribution in [2.75, 3.05) is 11.6 Å². The van der Waals surface area contributed by atoms with E-state index in [0.717, 1.165) is 0 Å². The normalized spacial score (nSPS) is 10.2. The molecule has 0 atom stereocenters. The monoisotopic (exact) mass is 353 g/mol. The molecule has 1 aromatic heterocycles. The van der Waals surface area contributed by atoms with Gasteiger partial charge in [-0.25, -0.2) is 4.68 Å². The van der Waals surface area contributed by atoms with E-state index in [9.17, 15) is 10.1 Å². The zero-order chi connectivity index (χ0) is 16.6. The van der Waals surface area contributed by atoms with Gasteiger partial charge in [0.2, 0.25) is 0 Å². The Labute approximate surface area is 140 Å². The van der Waals surface area contributed by atoms with Crippen molar-refractivity contribution < 1.29 is 0 Å². The number of nitrogens with zero attached hydrogens (tertiary/aromatic N) is 2. The Morgan fingerprint density at radius 2 is 2.00 bits per heavy atom. The van der Waals surface area contributed by atoms with Crippen LogP contribution in [0.25, 0.3) is 11.1 Å². The second-order valence-corrected chi connectivity index (χ2v) is 5.57. The summed E-state index contributed by atoms with van der Waals surface area (Å²) in [5.74, 6) is 5.41. The van der Waals surface area contributed by atoms with Crippen LogP contribution in [0.3, 0.4) is 0 Å². The van der Waals surface area contributed by atoms with Crippen molar-refractivity contribution in [2.24, 2.45) is 5.73 Å². The molecule has 22 heavy (non-hydrogen) atoms. The minimum absolute atomic E-state index is 0.109. The molecule has 1 heterocycles. The van der Waals surface area contributed by atoms with E-state index in [0.29, 0.717) is 15.3 Å². The van der Waals surface area contributed by atoms with Crippen molar-refractivity contribution in [3.63, 3.8) is 0 Å². The fourth-order valence-electron chi connectivity index (χ4n) is 2.03. The fraction of sp³-hybridized carbons (Fsp3) is 0. The molecule has 1 aromatic carbocycles. The van der Waals surface area contributed by atoms with Gasteiger partial charge in [-0.1, -0.05) is 41.5 Å². The molecule has 9 heteroatoms. The number of hydrogen-bond acceptors (Lipinski definition) is 5. The van der Waals surface area contributed by atoms with Crippen molar-refractivity contribution >= 4 is 46.2 Å². The first-order valence-corrected chi connectivity index (χ1v) is 6.94. The number of nitrogen functional groups attached to an aromatic ring is 2. The SMILES string of the molecule is N#Cc1c(-c2ccc(Cl)cc2Cl)c(C(N)=S)c(N)n(N)c1=O. The second-order valence-electron chi connectivity index (χ2n) is 4.29. The summed E-state index contributed by atoms with van der Waals surface area (Å²) in [6.45, 7) is 0. The molecule has 0 unspecified atom stereocenters. The number of anilines is 1. The smallest absolute Gasteiger partial charge is 0.289 e. The van der Waals surface area contributed by atoms with Gasteiger partial charge < -0.3 is 17.3 Å². The first kappa shape index (κ1) is 16.1. The maximum absolute atomic E-state index is 12.2. The average Bonchev–Trinajstić information content (AvgIpc) is 2.44. The molecule has 0 amide bonds. The molecule has 2 aromatic rings. The lowest BCUT2D eigenvalue weighted by Gasteiger charge is -2.16. The van der Waals surface area contributed by atoms with Gasteiger partial charge in [-0.3, -0.25) is 4.79 Å². The maximum atomic E-state index is 12.2. The number of pyridine rings is 1. The number of halogens is 2. The Balaban J connectivity index is 3.06. The Morgan fingerprint density at radius 3 is 2.50 bits per heavy atom. The molecule has 0 fully saturated rings. The highest BCUT2D eigenvalue weighted by atomic mass is 35.5. The lowest BCUT2D eigenvalue weighted by Crippen LogP contribution is -2.35. The topological polar surface area (TPSA) is 124 Å². The minimum atomic E-state index is -0.777. The van der Waals surface area contributed by atoms with E-state index in [1.807, 2.05) is 0 Å². The van der Waals surface area contributed by atoms with Gasteiger partial charge in [-0.15, -0.1) is 0 Å². The lowest BCUT2D eigenvalue weighted by molar-refractivity contribution is 0.944. The van der Waals surface area contributed by atoms with Crippen LogP contribution in [0.4, 0.5) is 5.82 Å². The van der Waals surface area contributed by atoms with E-state index in [-0.39, 0.29) is 32.5 Å². The fourth-order valence-corrected chi connectivity index (χ4v) is 2.73. The number of thiocarbonyl (C=S) groups is 1. The lowest BCUT2D eigenvalue weighted by atomic mass is 9.96. The Kier molecular flexibility index (Phi) is 4.28. The minimum Gasteiger partial charge on any atom is -0.389 e. The molecule has 0 saturated heterocycles. The number of benzene rings is 1. The molecule has 0 radical (unpaired) electrons. The summed E-state index contributed by atoms with van der Waals surface area (Å²) in [7, 11) is 0. The molecule has 0 bridgehead atoms. The largest absolute Gasteiger partial charge is 0.389 e. The molecule has 6 nitrogen and oxygen atoms in total. The van der Waals surface area contributed by atoms with Crippen LogP contribution in [0, 0.1) is 11.3 Å². The highest BCUT2D eigenvalue weighted by Crippen LogP contribution is 2.35.